The van der Waals surface area contributed by atoms with E-state index in [0.29, 0.717) is 12.4 Å². The summed E-state index contributed by atoms with van der Waals surface area (Å²) >= 11 is 0. The lowest BCUT2D eigenvalue weighted by Crippen LogP contribution is -2.08. The van der Waals surface area contributed by atoms with Crippen molar-refractivity contribution >= 4 is 11.5 Å². The smallest absolute Gasteiger partial charge is 0.163 e. The molecule has 0 aliphatic heterocycles. The van der Waals surface area contributed by atoms with Gasteiger partial charge in [-0.1, -0.05) is 0 Å². The molecular formula is C17H15N7. The molecule has 0 aliphatic rings. The molecule has 0 amide bonds. The van der Waals surface area contributed by atoms with Crippen molar-refractivity contribution < 1.29 is 0 Å². The highest BCUT2D eigenvalue weighted by molar-refractivity contribution is 5.56. The van der Waals surface area contributed by atoms with Gasteiger partial charge in [-0.25, -0.2) is 19.5 Å². The van der Waals surface area contributed by atoms with Gasteiger partial charge in [0.15, 0.2) is 11.5 Å². The van der Waals surface area contributed by atoms with Gasteiger partial charge in [0, 0.05) is 42.0 Å². The lowest BCUT2D eigenvalue weighted by Gasteiger charge is -2.09. The van der Waals surface area contributed by atoms with Crippen LogP contribution >= 0.6 is 0 Å². The summed E-state index contributed by atoms with van der Waals surface area (Å²) in [4.78, 5) is 17.4. The summed E-state index contributed by atoms with van der Waals surface area (Å²) in [5.74, 6) is 1.42. The van der Waals surface area contributed by atoms with Crippen molar-refractivity contribution in [1.82, 2.24) is 29.5 Å². The minimum atomic E-state index is 0.587. The van der Waals surface area contributed by atoms with Gasteiger partial charge in [-0.2, -0.15) is 5.10 Å². The Hall–Kier alpha value is -3.35. The molecule has 24 heavy (non-hydrogen) atoms. The summed E-state index contributed by atoms with van der Waals surface area (Å²) in [6.07, 6.45) is 7.01. The number of pyridine rings is 1. The average Bonchev–Trinajstić information content (AvgIpc) is 3.09. The van der Waals surface area contributed by atoms with Gasteiger partial charge in [0.1, 0.15) is 5.82 Å². The molecule has 0 saturated heterocycles. The number of anilines is 1. The number of aryl methyl sites for hydroxylation is 1. The van der Waals surface area contributed by atoms with Crippen molar-refractivity contribution in [2.24, 2.45) is 0 Å². The fraction of sp³-hybridized carbons (Fsp3) is 0.118. The van der Waals surface area contributed by atoms with Crippen molar-refractivity contribution in [3.8, 4) is 11.4 Å². The maximum absolute atomic E-state index is 4.58. The summed E-state index contributed by atoms with van der Waals surface area (Å²) in [7, 11) is 0. The van der Waals surface area contributed by atoms with E-state index in [1.807, 2.05) is 41.8 Å². The van der Waals surface area contributed by atoms with Gasteiger partial charge in [-0.05, 0) is 25.1 Å². The number of nitrogens with one attached hydrogen (secondary N) is 1. The predicted octanol–water partition coefficient (Wildman–Crippen LogP) is 2.50. The Kier molecular flexibility index (Phi) is 3.59. The lowest BCUT2D eigenvalue weighted by molar-refractivity contribution is 0.851. The van der Waals surface area contributed by atoms with Crippen LogP contribution in [-0.2, 0) is 6.54 Å². The highest BCUT2D eigenvalue weighted by Gasteiger charge is 2.06. The minimum Gasteiger partial charge on any atom is -0.364 e. The van der Waals surface area contributed by atoms with E-state index in [4.69, 9.17) is 0 Å². The van der Waals surface area contributed by atoms with Crippen LogP contribution in [0.25, 0.3) is 17.0 Å². The van der Waals surface area contributed by atoms with Gasteiger partial charge in [0.25, 0.3) is 0 Å². The average molecular weight is 317 g/mol. The van der Waals surface area contributed by atoms with Crippen LogP contribution in [0.2, 0.25) is 0 Å². The van der Waals surface area contributed by atoms with Gasteiger partial charge in [-0.15, -0.1) is 0 Å². The summed E-state index contributed by atoms with van der Waals surface area (Å²) in [5, 5.41) is 7.62. The Bertz CT molecular complexity index is 979. The summed E-state index contributed by atoms with van der Waals surface area (Å²) in [5.41, 5.74) is 3.61. The molecule has 4 aromatic rings. The van der Waals surface area contributed by atoms with Crippen LogP contribution in [0.15, 0.2) is 55.1 Å². The molecule has 0 aliphatic carbocycles. The van der Waals surface area contributed by atoms with E-state index in [1.165, 1.54) is 0 Å². The molecular weight excluding hydrogens is 302 g/mol. The van der Waals surface area contributed by atoms with E-state index in [9.17, 15) is 0 Å². The van der Waals surface area contributed by atoms with E-state index in [1.54, 1.807) is 24.8 Å². The standard InChI is InChI=1S/C17H15N7/c1-12-9-15(23-17(22-12)13-3-2-6-18-10-13)20-11-14-4-7-19-16-5-8-21-24(14)16/h2-10H,11H2,1H3,(H,20,22,23). The van der Waals surface area contributed by atoms with Crippen LogP contribution in [0.4, 0.5) is 5.82 Å². The van der Waals surface area contributed by atoms with E-state index in [0.717, 1.165) is 28.4 Å². The maximum Gasteiger partial charge on any atom is 0.163 e. The van der Waals surface area contributed by atoms with Gasteiger partial charge >= 0.3 is 0 Å². The molecule has 7 heteroatoms. The third kappa shape index (κ3) is 2.79. The van der Waals surface area contributed by atoms with Crippen LogP contribution in [0.5, 0.6) is 0 Å². The SMILES string of the molecule is Cc1cc(NCc2ccnc3ccnn23)nc(-c2cccnc2)n1. The topological polar surface area (TPSA) is 80.9 Å². The number of fused-ring (bicyclic) bond motifs is 1. The summed E-state index contributed by atoms with van der Waals surface area (Å²) < 4.78 is 1.81. The molecule has 0 spiro atoms. The fourth-order valence-electron chi connectivity index (χ4n) is 2.48. The van der Waals surface area contributed by atoms with Gasteiger partial charge in [0.2, 0.25) is 0 Å². The molecule has 0 saturated carbocycles. The van der Waals surface area contributed by atoms with Crippen LogP contribution in [0.1, 0.15) is 11.4 Å². The largest absolute Gasteiger partial charge is 0.364 e. The first-order valence-electron chi connectivity index (χ1n) is 7.57. The molecule has 0 atom stereocenters. The number of hydrogen-bond acceptors (Lipinski definition) is 6. The Morgan fingerprint density at radius 3 is 2.92 bits per heavy atom. The monoisotopic (exact) mass is 317 g/mol. The molecule has 118 valence electrons. The van der Waals surface area contributed by atoms with Crippen molar-refractivity contribution in [2.45, 2.75) is 13.5 Å². The van der Waals surface area contributed by atoms with E-state index >= 15 is 0 Å². The molecule has 0 unspecified atom stereocenters. The lowest BCUT2D eigenvalue weighted by atomic mass is 10.2. The minimum absolute atomic E-state index is 0.587. The Morgan fingerprint density at radius 1 is 1.08 bits per heavy atom. The second-order valence-corrected chi connectivity index (χ2v) is 5.35. The molecule has 0 radical (unpaired) electrons. The third-order valence-electron chi connectivity index (χ3n) is 3.59. The third-order valence-corrected chi connectivity index (χ3v) is 3.59. The van der Waals surface area contributed by atoms with Gasteiger partial charge < -0.3 is 5.32 Å². The number of aromatic nitrogens is 6. The molecule has 4 rings (SSSR count). The zero-order valence-corrected chi connectivity index (χ0v) is 13.1. The molecule has 4 heterocycles. The maximum atomic E-state index is 4.58. The Morgan fingerprint density at radius 2 is 2.04 bits per heavy atom. The zero-order valence-electron chi connectivity index (χ0n) is 13.1. The van der Waals surface area contributed by atoms with Gasteiger partial charge in [-0.3, -0.25) is 4.98 Å². The summed E-state index contributed by atoms with van der Waals surface area (Å²) in [6.45, 7) is 2.54. The Labute approximate surface area is 138 Å². The molecule has 4 aromatic heterocycles. The van der Waals surface area contributed by atoms with Crippen molar-refractivity contribution in [1.29, 1.82) is 0 Å². The molecule has 0 bridgehead atoms. The van der Waals surface area contributed by atoms with Crippen molar-refractivity contribution in [3.63, 3.8) is 0 Å². The predicted molar refractivity (Wildman–Crippen MR) is 90.3 cm³/mol. The van der Waals surface area contributed by atoms with E-state index in [2.05, 4.69) is 30.4 Å². The second kappa shape index (κ2) is 6.04. The second-order valence-electron chi connectivity index (χ2n) is 5.35. The highest BCUT2D eigenvalue weighted by Crippen LogP contribution is 2.17. The quantitative estimate of drug-likeness (QED) is 0.623. The number of hydrogen-bond donors (Lipinski definition) is 1. The number of rotatable bonds is 4. The first-order chi connectivity index (χ1) is 11.8. The van der Waals surface area contributed by atoms with Crippen LogP contribution in [-0.4, -0.2) is 29.5 Å². The van der Waals surface area contributed by atoms with Crippen molar-refractivity contribution in [2.75, 3.05) is 5.32 Å². The summed E-state index contributed by atoms with van der Waals surface area (Å²) in [6, 6.07) is 9.55. The first-order valence-corrected chi connectivity index (χ1v) is 7.57. The van der Waals surface area contributed by atoms with Crippen molar-refractivity contribution in [3.05, 3.63) is 66.5 Å². The first kappa shape index (κ1) is 14.3. The van der Waals surface area contributed by atoms with Crippen LogP contribution < -0.4 is 5.32 Å². The molecule has 1 N–H and O–H groups in total. The van der Waals surface area contributed by atoms with Crippen LogP contribution in [0, 0.1) is 6.92 Å². The Balaban J connectivity index is 1.61. The van der Waals surface area contributed by atoms with Gasteiger partial charge in [0.05, 0.1) is 18.4 Å². The van der Waals surface area contributed by atoms with E-state index < -0.39 is 0 Å². The fourth-order valence-corrected chi connectivity index (χ4v) is 2.48. The normalized spacial score (nSPS) is 10.9. The van der Waals surface area contributed by atoms with Crippen LogP contribution in [0.3, 0.4) is 0 Å². The highest BCUT2D eigenvalue weighted by atomic mass is 15.3. The van der Waals surface area contributed by atoms with E-state index in [-0.39, 0.29) is 0 Å². The molecule has 0 fully saturated rings. The zero-order chi connectivity index (χ0) is 16.4. The molecule has 7 nitrogen and oxygen atoms in total. The number of nitrogens with zero attached hydrogens (tertiary/aromatic N) is 6. The molecule has 0 aromatic carbocycles.